The minimum Gasteiger partial charge on any atom is -0.353 e. The van der Waals surface area contributed by atoms with Crippen molar-refractivity contribution in [2.24, 2.45) is 0 Å². The molecule has 5 rings (SSSR count). The van der Waals surface area contributed by atoms with Gasteiger partial charge in [-0.1, -0.05) is 60.7 Å². The average molecular weight is 413 g/mol. The maximum atomic E-state index is 13.6. The number of benzene rings is 3. The smallest absolute Gasteiger partial charge is 0.221 e. The fourth-order valence-electron chi connectivity index (χ4n) is 4.27. The van der Waals surface area contributed by atoms with E-state index >= 15 is 0 Å². The van der Waals surface area contributed by atoms with E-state index in [1.54, 1.807) is 12.1 Å². The van der Waals surface area contributed by atoms with Gasteiger partial charge in [-0.05, 0) is 47.7 Å². The van der Waals surface area contributed by atoms with E-state index < -0.39 is 0 Å². The highest BCUT2D eigenvalue weighted by atomic mass is 19.1. The van der Waals surface area contributed by atoms with Gasteiger partial charge in [-0.25, -0.2) is 4.39 Å². The number of amides is 1. The molecular formula is C27H25FN2O. The van der Waals surface area contributed by atoms with Crippen LogP contribution in [0, 0.1) is 5.82 Å². The van der Waals surface area contributed by atoms with E-state index in [0.29, 0.717) is 12.5 Å². The molecule has 0 unspecified atom stereocenters. The first-order chi connectivity index (χ1) is 15.2. The van der Waals surface area contributed by atoms with Gasteiger partial charge in [0.1, 0.15) is 5.82 Å². The number of hydrogen-bond donors (Lipinski definition) is 1. The Morgan fingerprint density at radius 3 is 2.42 bits per heavy atom. The van der Waals surface area contributed by atoms with Crippen LogP contribution in [-0.4, -0.2) is 16.5 Å². The van der Waals surface area contributed by atoms with Gasteiger partial charge in [0.15, 0.2) is 0 Å². The molecule has 4 aromatic rings. The molecule has 3 nitrogen and oxygen atoms in total. The second-order valence-corrected chi connectivity index (χ2v) is 8.37. The maximum absolute atomic E-state index is 13.6. The summed E-state index contributed by atoms with van der Waals surface area (Å²) in [5.74, 6) is -0.352. The van der Waals surface area contributed by atoms with Crippen molar-refractivity contribution in [2.75, 3.05) is 0 Å². The molecule has 1 fully saturated rings. The molecule has 1 aliphatic rings. The third kappa shape index (κ3) is 4.38. The van der Waals surface area contributed by atoms with E-state index in [9.17, 15) is 9.18 Å². The Hall–Kier alpha value is -3.40. The Kier molecular flexibility index (Phi) is 5.29. The van der Waals surface area contributed by atoms with Crippen LogP contribution in [0.4, 0.5) is 4.39 Å². The molecule has 1 aromatic heterocycles. The summed E-state index contributed by atoms with van der Waals surface area (Å²) in [5.41, 5.74) is 4.41. The summed E-state index contributed by atoms with van der Waals surface area (Å²) in [6, 6.07) is 25.5. The molecule has 1 N–H and O–H groups in total. The molecule has 156 valence electrons. The third-order valence-corrected chi connectivity index (χ3v) is 5.99. The van der Waals surface area contributed by atoms with Gasteiger partial charge in [-0.3, -0.25) is 4.79 Å². The SMILES string of the molecule is O=C(C[C@@H](c1ccc(F)cc1)c1cn(Cc2ccccc2)c2ccccc12)NC1CC1. The van der Waals surface area contributed by atoms with Crippen LogP contribution in [0.5, 0.6) is 0 Å². The lowest BCUT2D eigenvalue weighted by molar-refractivity contribution is -0.121. The van der Waals surface area contributed by atoms with E-state index in [1.807, 2.05) is 30.3 Å². The molecule has 0 spiro atoms. The first-order valence-electron chi connectivity index (χ1n) is 10.8. The number of rotatable bonds is 7. The first-order valence-corrected chi connectivity index (χ1v) is 10.8. The van der Waals surface area contributed by atoms with E-state index in [4.69, 9.17) is 0 Å². The second-order valence-electron chi connectivity index (χ2n) is 8.37. The van der Waals surface area contributed by atoms with Gasteiger partial charge in [0.2, 0.25) is 5.91 Å². The van der Waals surface area contributed by atoms with E-state index in [0.717, 1.165) is 41.4 Å². The highest BCUT2D eigenvalue weighted by molar-refractivity contribution is 5.87. The third-order valence-electron chi connectivity index (χ3n) is 5.99. The van der Waals surface area contributed by atoms with Crippen LogP contribution >= 0.6 is 0 Å². The van der Waals surface area contributed by atoms with Crippen molar-refractivity contribution in [2.45, 2.75) is 37.8 Å². The monoisotopic (exact) mass is 412 g/mol. The molecule has 0 saturated heterocycles. The van der Waals surface area contributed by atoms with E-state index in [1.165, 1.54) is 17.7 Å². The van der Waals surface area contributed by atoms with Crippen LogP contribution in [0.2, 0.25) is 0 Å². The number of carbonyl (C=O) groups excluding carboxylic acids is 1. The fourth-order valence-corrected chi connectivity index (χ4v) is 4.27. The lowest BCUT2D eigenvalue weighted by Crippen LogP contribution is -2.27. The van der Waals surface area contributed by atoms with Crippen LogP contribution in [0.15, 0.2) is 85.1 Å². The summed E-state index contributed by atoms with van der Waals surface area (Å²) in [4.78, 5) is 12.8. The first kappa shape index (κ1) is 19.6. The molecule has 1 amide bonds. The van der Waals surface area contributed by atoms with E-state index in [2.05, 4.69) is 40.3 Å². The van der Waals surface area contributed by atoms with Crippen molar-refractivity contribution in [3.8, 4) is 0 Å². The number of fused-ring (bicyclic) bond motifs is 1. The second kappa shape index (κ2) is 8.38. The number of nitrogens with one attached hydrogen (secondary N) is 1. The molecule has 0 bridgehead atoms. The lowest BCUT2D eigenvalue weighted by Gasteiger charge is -2.17. The lowest BCUT2D eigenvalue weighted by atomic mass is 9.88. The topological polar surface area (TPSA) is 34.0 Å². The minimum absolute atomic E-state index is 0.0525. The molecule has 4 heteroatoms. The van der Waals surface area contributed by atoms with Crippen molar-refractivity contribution in [3.63, 3.8) is 0 Å². The minimum atomic E-state index is -0.267. The molecular weight excluding hydrogens is 387 g/mol. The normalized spacial score (nSPS) is 14.5. The number of aromatic nitrogens is 1. The van der Waals surface area contributed by atoms with Gasteiger partial charge in [0, 0.05) is 42.0 Å². The van der Waals surface area contributed by atoms with Gasteiger partial charge in [0.05, 0.1) is 0 Å². The van der Waals surface area contributed by atoms with Crippen LogP contribution in [0.1, 0.15) is 41.9 Å². The molecule has 0 radical (unpaired) electrons. The standard InChI is InChI=1S/C27H25FN2O/c28-21-12-10-20(11-13-21)24(16-27(31)29-22-14-15-22)25-18-30(17-19-6-2-1-3-7-19)26-9-5-4-8-23(25)26/h1-13,18,22,24H,14-17H2,(H,29,31)/t24-/m0/s1. The summed E-state index contributed by atoms with van der Waals surface area (Å²) in [6.07, 6.45) is 4.63. The molecule has 1 aliphatic carbocycles. The number of nitrogens with zero attached hydrogens (tertiary/aromatic N) is 1. The van der Waals surface area contributed by atoms with Crippen LogP contribution in [0.25, 0.3) is 10.9 Å². The Labute approximate surface area is 181 Å². The van der Waals surface area contributed by atoms with Crippen molar-refractivity contribution < 1.29 is 9.18 Å². The number of carbonyl (C=O) groups is 1. The average Bonchev–Trinajstić information content (AvgIpc) is 3.53. The zero-order chi connectivity index (χ0) is 21.2. The highest BCUT2D eigenvalue weighted by Crippen LogP contribution is 2.35. The quantitative estimate of drug-likeness (QED) is 0.419. The van der Waals surface area contributed by atoms with Gasteiger partial charge in [-0.15, -0.1) is 0 Å². The summed E-state index contributed by atoms with van der Waals surface area (Å²) < 4.78 is 15.9. The van der Waals surface area contributed by atoms with Crippen LogP contribution < -0.4 is 5.32 Å². The molecule has 3 aromatic carbocycles. The van der Waals surface area contributed by atoms with Crippen LogP contribution in [0.3, 0.4) is 0 Å². The largest absolute Gasteiger partial charge is 0.353 e. The molecule has 31 heavy (non-hydrogen) atoms. The molecule has 1 saturated carbocycles. The summed E-state index contributed by atoms with van der Waals surface area (Å²) in [6.45, 7) is 0.756. The van der Waals surface area contributed by atoms with Crippen molar-refractivity contribution in [3.05, 3.63) is 108 Å². The molecule has 1 atom stereocenters. The summed E-state index contributed by atoms with van der Waals surface area (Å²) in [7, 11) is 0. The Balaban J connectivity index is 1.56. The number of halogens is 1. The van der Waals surface area contributed by atoms with Crippen molar-refractivity contribution >= 4 is 16.8 Å². The maximum Gasteiger partial charge on any atom is 0.221 e. The molecule has 0 aliphatic heterocycles. The molecule has 1 heterocycles. The Bertz CT molecular complexity index is 1190. The zero-order valence-corrected chi connectivity index (χ0v) is 17.3. The zero-order valence-electron chi connectivity index (χ0n) is 17.3. The van der Waals surface area contributed by atoms with Gasteiger partial charge >= 0.3 is 0 Å². The number of hydrogen-bond acceptors (Lipinski definition) is 1. The summed E-state index contributed by atoms with van der Waals surface area (Å²) in [5, 5.41) is 4.24. The fraction of sp³-hybridized carbons (Fsp3) is 0.222. The summed E-state index contributed by atoms with van der Waals surface area (Å²) >= 11 is 0. The highest BCUT2D eigenvalue weighted by Gasteiger charge is 2.27. The predicted molar refractivity (Wildman–Crippen MR) is 122 cm³/mol. The predicted octanol–water partition coefficient (Wildman–Crippen LogP) is 5.63. The van der Waals surface area contributed by atoms with Crippen molar-refractivity contribution in [1.82, 2.24) is 9.88 Å². The van der Waals surface area contributed by atoms with Gasteiger partial charge in [0.25, 0.3) is 0 Å². The van der Waals surface area contributed by atoms with E-state index in [-0.39, 0.29) is 17.6 Å². The number of para-hydroxylation sites is 1. The Morgan fingerprint density at radius 1 is 0.968 bits per heavy atom. The Morgan fingerprint density at radius 2 is 1.68 bits per heavy atom. The van der Waals surface area contributed by atoms with Crippen molar-refractivity contribution in [1.29, 1.82) is 0 Å². The van der Waals surface area contributed by atoms with Gasteiger partial charge in [-0.2, -0.15) is 0 Å². The van der Waals surface area contributed by atoms with Gasteiger partial charge < -0.3 is 9.88 Å². The van der Waals surface area contributed by atoms with Crippen LogP contribution in [-0.2, 0) is 11.3 Å².